The van der Waals surface area contributed by atoms with Crippen LogP contribution in [0.4, 0.5) is 0 Å². The molecule has 17 heteroatoms. The van der Waals surface area contributed by atoms with Gasteiger partial charge in [-0.1, -0.05) is 98.1 Å². The fraction of sp³-hybridized carbons (Fsp3) is 0.371. The van der Waals surface area contributed by atoms with E-state index in [2.05, 4.69) is 26.5 Å². The van der Waals surface area contributed by atoms with Crippen LogP contribution in [0.2, 0.25) is 10.0 Å². The summed E-state index contributed by atoms with van der Waals surface area (Å²) in [7, 11) is 7.95. The Morgan fingerprint density at radius 2 is 1.06 bits per heavy atom. The number of pyridine rings is 2. The molecule has 0 saturated heterocycles. The van der Waals surface area contributed by atoms with Gasteiger partial charge in [-0.3, -0.25) is 9.59 Å². The van der Waals surface area contributed by atoms with Crippen molar-refractivity contribution in [3.63, 3.8) is 0 Å². The Bertz CT molecular complexity index is 3250. The van der Waals surface area contributed by atoms with Gasteiger partial charge in [-0.2, -0.15) is 5.26 Å². The smallest absolute Gasteiger partial charge is 0.339 e. The van der Waals surface area contributed by atoms with E-state index in [4.69, 9.17) is 47.4 Å². The van der Waals surface area contributed by atoms with Gasteiger partial charge in [0.05, 0.1) is 46.3 Å². The van der Waals surface area contributed by atoms with Gasteiger partial charge in [-0.05, 0) is 151 Å². The lowest BCUT2D eigenvalue weighted by Gasteiger charge is -2.38. The largest absolute Gasteiger partial charge is 0.508 e. The zero-order valence-corrected chi connectivity index (χ0v) is 46.9. The SMILES string of the molecule is Cc1cc(O)ccc1-c1ccc(C(=O)NC2(C(=O)OC(=O)C3(NC(=O)c4ccc(-c5ccccc5C#N)c(-c5ccc(Cl)c(OCCCN(C)C)c5)n4)CCCCC3)CCCCC2)nc1-c1ccc(Cl)c(OCCCN(C)C)c1. The number of hydrogen-bond acceptors (Lipinski definition) is 13. The number of carbonyl (C=O) groups excluding carboxylic acids is 4. The highest BCUT2D eigenvalue weighted by molar-refractivity contribution is 6.32. The van der Waals surface area contributed by atoms with Crippen LogP contribution in [-0.4, -0.2) is 114 Å². The Morgan fingerprint density at radius 3 is 1.52 bits per heavy atom. The summed E-state index contributed by atoms with van der Waals surface area (Å²) >= 11 is 13.3. The third-order valence-electron chi connectivity index (χ3n) is 14.6. The number of phenolic OH excluding ortho intramolecular Hbond substituents is 1. The second-order valence-corrected chi connectivity index (χ2v) is 21.8. The van der Waals surface area contributed by atoms with E-state index in [0.29, 0.717) is 105 Å². The van der Waals surface area contributed by atoms with Crippen LogP contribution in [0, 0.1) is 18.3 Å². The van der Waals surface area contributed by atoms with Crippen molar-refractivity contribution in [1.82, 2.24) is 30.4 Å². The number of carbonyl (C=O) groups is 4. The third-order valence-corrected chi connectivity index (χ3v) is 15.2. The molecule has 2 amide bonds. The summed E-state index contributed by atoms with van der Waals surface area (Å²) < 4.78 is 18.1. The van der Waals surface area contributed by atoms with E-state index in [1.807, 2.05) is 47.2 Å². The molecule has 79 heavy (non-hydrogen) atoms. The molecule has 2 saturated carbocycles. The first-order chi connectivity index (χ1) is 38.0. The Hall–Kier alpha value is -7.35. The van der Waals surface area contributed by atoms with E-state index in [0.717, 1.165) is 49.9 Å². The molecule has 6 aromatic rings. The summed E-state index contributed by atoms with van der Waals surface area (Å²) in [4.78, 5) is 72.7. The van der Waals surface area contributed by atoms with Crippen molar-refractivity contribution < 1.29 is 38.5 Å². The molecule has 15 nitrogen and oxygen atoms in total. The number of amides is 2. The van der Waals surface area contributed by atoms with Gasteiger partial charge in [0.1, 0.15) is 39.7 Å². The first-order valence-corrected chi connectivity index (χ1v) is 27.6. The van der Waals surface area contributed by atoms with Crippen LogP contribution in [0.1, 0.15) is 109 Å². The molecule has 2 fully saturated rings. The van der Waals surface area contributed by atoms with E-state index < -0.39 is 34.8 Å². The first kappa shape index (κ1) is 57.8. The van der Waals surface area contributed by atoms with Crippen molar-refractivity contribution >= 4 is 47.0 Å². The number of rotatable bonds is 20. The van der Waals surface area contributed by atoms with Crippen molar-refractivity contribution in [3.05, 3.63) is 136 Å². The number of phenols is 1. The summed E-state index contributed by atoms with van der Waals surface area (Å²) in [5.74, 6) is -2.18. The van der Waals surface area contributed by atoms with Crippen LogP contribution in [-0.2, 0) is 14.3 Å². The Morgan fingerprint density at radius 1 is 0.608 bits per heavy atom. The Kier molecular flexibility index (Phi) is 19.1. The number of nitrogens with one attached hydrogen (secondary N) is 2. The predicted molar refractivity (Wildman–Crippen MR) is 306 cm³/mol. The first-order valence-electron chi connectivity index (χ1n) is 26.9. The van der Waals surface area contributed by atoms with Gasteiger partial charge in [0.2, 0.25) is 0 Å². The summed E-state index contributed by atoms with van der Waals surface area (Å²) in [6.45, 7) is 4.33. The fourth-order valence-corrected chi connectivity index (χ4v) is 10.7. The molecule has 0 bridgehead atoms. The molecule has 0 unspecified atom stereocenters. The number of nitriles is 1. The van der Waals surface area contributed by atoms with Crippen molar-refractivity contribution in [2.75, 3.05) is 54.5 Å². The van der Waals surface area contributed by atoms with E-state index >= 15 is 0 Å². The van der Waals surface area contributed by atoms with Crippen molar-refractivity contribution in [3.8, 4) is 68.1 Å². The summed E-state index contributed by atoms with van der Waals surface area (Å²) in [6, 6.07) is 31.5. The van der Waals surface area contributed by atoms with Gasteiger partial charge >= 0.3 is 11.9 Å². The lowest BCUT2D eigenvalue weighted by molar-refractivity contribution is -0.170. The molecule has 2 aliphatic rings. The minimum absolute atomic E-state index is 0.00928. The minimum Gasteiger partial charge on any atom is -0.508 e. The molecule has 2 aromatic heterocycles. The molecule has 4 aromatic carbocycles. The number of benzene rings is 4. The van der Waals surface area contributed by atoms with Crippen molar-refractivity contribution in [2.24, 2.45) is 0 Å². The number of aryl methyl sites for hydroxylation is 1. The minimum atomic E-state index is -1.60. The Balaban J connectivity index is 1.07. The number of aromatic hydroxyl groups is 1. The number of aromatic nitrogens is 2. The van der Waals surface area contributed by atoms with Gasteiger partial charge in [0.15, 0.2) is 0 Å². The van der Waals surface area contributed by atoms with Gasteiger partial charge in [0.25, 0.3) is 11.8 Å². The average Bonchev–Trinajstić information content (AvgIpc) is 3.65. The molecular weight excluding hydrogens is 1040 g/mol. The number of ether oxygens (including phenoxy) is 3. The van der Waals surface area contributed by atoms with Crippen molar-refractivity contribution in [1.29, 1.82) is 5.26 Å². The quantitative estimate of drug-likeness (QED) is 0.0371. The highest BCUT2D eigenvalue weighted by atomic mass is 35.5. The molecule has 3 N–H and O–H groups in total. The predicted octanol–water partition coefficient (Wildman–Crippen LogP) is 11.6. The second kappa shape index (κ2) is 26.1. The molecule has 2 aliphatic carbocycles. The second-order valence-electron chi connectivity index (χ2n) is 21.0. The molecule has 412 valence electrons. The van der Waals surface area contributed by atoms with Gasteiger partial charge in [0, 0.05) is 40.9 Å². The van der Waals surface area contributed by atoms with E-state index in [1.165, 1.54) is 0 Å². The number of hydrogen-bond donors (Lipinski definition) is 3. The molecule has 2 heterocycles. The highest BCUT2D eigenvalue weighted by Crippen LogP contribution is 2.40. The monoisotopic (exact) mass is 1110 g/mol. The average molecular weight is 1110 g/mol. The maximum Gasteiger partial charge on any atom is 0.339 e. The lowest BCUT2D eigenvalue weighted by Crippen LogP contribution is -2.61. The standard InChI is InChI=1S/C62H67Cl2N7O8/c1-40-36-44(72)20-21-45(40)47-22-26-51(66-55(47)41-18-24-49(63)53(37-41)77-34-14-32-70(2)3)57(73)68-61(28-10-6-11-29-61)59(75)79-60(76)62(30-12-7-13-31-62)69-58(74)52-27-23-48(46-17-9-8-16-43(46)39-65)56(67-52)42-19-25-50(64)54(38-42)78-35-15-33-71(4)5/h8-9,16-27,36-38,72H,6-7,10-15,28-35H2,1-5H3,(H,68,73)(H,69,74). The maximum absolute atomic E-state index is 14.7. The Labute approximate surface area is 472 Å². The van der Waals surface area contributed by atoms with E-state index in [-0.39, 0.29) is 42.8 Å². The number of halogens is 2. The summed E-state index contributed by atoms with van der Waals surface area (Å²) in [6.07, 6.45) is 6.21. The van der Waals surface area contributed by atoms with Crippen LogP contribution in [0.3, 0.4) is 0 Å². The van der Waals surface area contributed by atoms with Crippen LogP contribution in [0.15, 0.2) is 103 Å². The molecule has 0 aliphatic heterocycles. The normalized spacial score (nSPS) is 14.7. The molecule has 0 radical (unpaired) electrons. The summed E-state index contributed by atoms with van der Waals surface area (Å²) in [5, 5.41) is 27.2. The van der Waals surface area contributed by atoms with Crippen LogP contribution >= 0.6 is 23.2 Å². The highest BCUT2D eigenvalue weighted by Gasteiger charge is 2.49. The number of nitrogens with zero attached hydrogens (tertiary/aromatic N) is 5. The van der Waals surface area contributed by atoms with E-state index in [1.54, 1.807) is 91.0 Å². The van der Waals surface area contributed by atoms with E-state index in [9.17, 15) is 29.5 Å². The maximum atomic E-state index is 14.7. The van der Waals surface area contributed by atoms with Crippen molar-refractivity contribution in [2.45, 2.75) is 95.1 Å². The summed E-state index contributed by atoms with van der Waals surface area (Å²) in [5.41, 5.74) is 2.61. The third kappa shape index (κ3) is 13.9. The van der Waals surface area contributed by atoms with Gasteiger partial charge in [-0.15, -0.1) is 0 Å². The fourth-order valence-electron chi connectivity index (χ4n) is 10.4. The number of esters is 2. The molecule has 0 spiro atoms. The topological polar surface area (TPSA) is 196 Å². The van der Waals surface area contributed by atoms with Gasteiger partial charge < -0.3 is 39.8 Å². The zero-order valence-electron chi connectivity index (χ0n) is 45.4. The molecule has 8 rings (SSSR count). The van der Waals surface area contributed by atoms with Gasteiger partial charge in [-0.25, -0.2) is 19.6 Å². The molecular formula is C62H67Cl2N7O8. The zero-order chi connectivity index (χ0) is 56.3. The molecule has 0 atom stereocenters. The van der Waals surface area contributed by atoms with Crippen LogP contribution < -0.4 is 20.1 Å². The van der Waals surface area contributed by atoms with Crippen LogP contribution in [0.5, 0.6) is 17.2 Å². The van der Waals surface area contributed by atoms with Crippen LogP contribution in [0.25, 0.3) is 44.8 Å². The lowest BCUT2D eigenvalue weighted by atomic mass is 9.80.